The minimum absolute atomic E-state index is 0.242. The molecule has 70 valence electrons. The van der Waals surface area contributed by atoms with Crippen LogP contribution in [-0.4, -0.2) is 11.9 Å². The van der Waals surface area contributed by atoms with Crippen molar-refractivity contribution in [3.63, 3.8) is 0 Å². The van der Waals surface area contributed by atoms with Gasteiger partial charge in [0.1, 0.15) is 0 Å². The molecule has 2 heterocycles. The number of pyridine rings is 1. The molecule has 3 amide bonds. The van der Waals surface area contributed by atoms with Crippen LogP contribution in [0.15, 0.2) is 36.3 Å². The summed E-state index contributed by atoms with van der Waals surface area (Å²) in [5.74, 6) is -0.411. The lowest BCUT2D eigenvalue weighted by Crippen LogP contribution is -2.27. The van der Waals surface area contributed by atoms with Crippen LogP contribution in [0.5, 0.6) is 0 Å². The first kappa shape index (κ1) is 8.43. The van der Waals surface area contributed by atoms with E-state index in [1.165, 1.54) is 0 Å². The molecule has 2 rings (SSSR count). The highest BCUT2D eigenvalue weighted by Crippen LogP contribution is 1.95. The second-order valence-corrected chi connectivity index (χ2v) is 2.77. The summed E-state index contributed by atoms with van der Waals surface area (Å²) < 4.78 is 1.68. The summed E-state index contributed by atoms with van der Waals surface area (Å²) in [6.45, 7) is 0. The van der Waals surface area contributed by atoms with Gasteiger partial charge < -0.3 is 0 Å². The summed E-state index contributed by atoms with van der Waals surface area (Å²) in [7, 11) is 0. The highest BCUT2D eigenvalue weighted by molar-refractivity contribution is 6.12. The Morgan fingerprint density at radius 2 is 1.79 bits per heavy atom. The fourth-order valence-corrected chi connectivity index (χ4v) is 1.12. The van der Waals surface area contributed by atoms with E-state index in [0.717, 1.165) is 0 Å². The minimum Gasteiger partial charge on any atom is -0.298 e. The topological polar surface area (TPSA) is 62.1 Å². The van der Waals surface area contributed by atoms with E-state index in [-0.39, 0.29) is 5.70 Å². The van der Waals surface area contributed by atoms with Crippen LogP contribution >= 0.6 is 0 Å². The predicted molar refractivity (Wildman–Crippen MR) is 47.6 cm³/mol. The minimum atomic E-state index is -0.488. The van der Waals surface area contributed by atoms with Crippen LogP contribution in [0, 0.1) is 0 Å². The van der Waals surface area contributed by atoms with E-state index >= 15 is 0 Å². The highest BCUT2D eigenvalue weighted by Gasteiger charge is 2.25. The predicted octanol–water partition coefficient (Wildman–Crippen LogP) is -0.388. The Balaban J connectivity index is 2.28. The van der Waals surface area contributed by atoms with E-state index in [0.29, 0.717) is 0 Å². The van der Waals surface area contributed by atoms with E-state index in [2.05, 4.69) is 10.6 Å². The Bertz CT molecular complexity index is 411. The number of urea groups is 1. The van der Waals surface area contributed by atoms with Gasteiger partial charge in [-0.2, -0.15) is 4.57 Å². The molecule has 0 bridgehead atoms. The van der Waals surface area contributed by atoms with E-state index in [1.54, 1.807) is 23.2 Å². The molecule has 1 aliphatic rings. The number of rotatable bonds is 1. The number of hydrogen-bond donors (Lipinski definition) is 2. The maximum Gasteiger partial charge on any atom is 0.326 e. The normalized spacial score (nSPS) is 18.1. The van der Waals surface area contributed by atoms with E-state index in [1.807, 2.05) is 18.2 Å². The second kappa shape index (κ2) is 3.29. The summed E-state index contributed by atoms with van der Waals surface area (Å²) >= 11 is 0. The van der Waals surface area contributed by atoms with Crippen molar-refractivity contribution in [1.82, 2.24) is 10.6 Å². The molecule has 0 unspecified atom stereocenters. The number of aromatic nitrogens is 1. The van der Waals surface area contributed by atoms with E-state index in [9.17, 15) is 9.59 Å². The van der Waals surface area contributed by atoms with Gasteiger partial charge in [-0.25, -0.2) is 4.79 Å². The van der Waals surface area contributed by atoms with Crippen LogP contribution in [0.3, 0.4) is 0 Å². The average Bonchev–Trinajstić information content (AvgIpc) is 2.47. The molecule has 1 aliphatic heterocycles. The summed E-state index contributed by atoms with van der Waals surface area (Å²) in [6, 6.07) is 5.03. The zero-order chi connectivity index (χ0) is 9.97. The molecule has 1 fully saturated rings. The number of carbonyl (C=O) groups is 2. The first-order valence-electron chi connectivity index (χ1n) is 4.05. The van der Waals surface area contributed by atoms with E-state index < -0.39 is 11.9 Å². The molecule has 0 radical (unpaired) electrons. The lowest BCUT2D eigenvalue weighted by Gasteiger charge is -1.89. The van der Waals surface area contributed by atoms with Crippen molar-refractivity contribution >= 4 is 18.1 Å². The molecular weight excluding hydrogens is 182 g/mol. The summed E-state index contributed by atoms with van der Waals surface area (Å²) in [6.07, 6.45) is 5.08. The van der Waals surface area contributed by atoms with E-state index in [4.69, 9.17) is 0 Å². The Labute approximate surface area is 80.0 Å². The summed E-state index contributed by atoms with van der Waals surface area (Å²) in [5, 5.41) is 4.51. The molecule has 1 saturated heterocycles. The second-order valence-electron chi connectivity index (χ2n) is 2.77. The molecule has 0 aliphatic carbocycles. The Hall–Kier alpha value is -2.17. The third kappa shape index (κ3) is 1.61. The molecule has 0 aromatic carbocycles. The smallest absolute Gasteiger partial charge is 0.298 e. The Morgan fingerprint density at radius 3 is 2.36 bits per heavy atom. The van der Waals surface area contributed by atoms with Crippen molar-refractivity contribution in [2.75, 3.05) is 0 Å². The Kier molecular flexibility index (Phi) is 1.98. The molecule has 0 spiro atoms. The maximum absolute atomic E-state index is 11.1. The SMILES string of the molecule is O=C1NC(=O)/C(=C/[n+]2ccccc2)N1. The van der Waals surface area contributed by atoms with Gasteiger partial charge in [0.15, 0.2) is 18.1 Å². The molecule has 0 atom stereocenters. The van der Waals surface area contributed by atoms with Crippen molar-refractivity contribution in [1.29, 1.82) is 0 Å². The summed E-state index contributed by atoms with van der Waals surface area (Å²) in [4.78, 5) is 21.9. The number of hydrogen-bond acceptors (Lipinski definition) is 2. The van der Waals surface area contributed by atoms with Crippen LogP contribution in [-0.2, 0) is 4.79 Å². The van der Waals surface area contributed by atoms with Crippen molar-refractivity contribution in [3.8, 4) is 0 Å². The monoisotopic (exact) mass is 190 g/mol. The van der Waals surface area contributed by atoms with Gasteiger partial charge in [-0.3, -0.25) is 15.4 Å². The van der Waals surface area contributed by atoms with Crippen LogP contribution < -0.4 is 15.2 Å². The van der Waals surface area contributed by atoms with Crippen molar-refractivity contribution in [2.24, 2.45) is 0 Å². The van der Waals surface area contributed by atoms with Crippen LogP contribution in [0.2, 0.25) is 0 Å². The number of nitrogens with zero attached hydrogens (tertiary/aromatic N) is 1. The van der Waals surface area contributed by atoms with Gasteiger partial charge in [-0.05, 0) is 0 Å². The van der Waals surface area contributed by atoms with Crippen LogP contribution in [0.1, 0.15) is 0 Å². The number of imide groups is 1. The molecular formula is C9H8N3O2+. The fourth-order valence-electron chi connectivity index (χ4n) is 1.12. The zero-order valence-corrected chi connectivity index (χ0v) is 7.23. The third-order valence-corrected chi connectivity index (χ3v) is 1.74. The fraction of sp³-hybridized carbons (Fsp3) is 0. The number of nitrogens with one attached hydrogen (secondary N) is 2. The van der Waals surface area contributed by atoms with Gasteiger partial charge in [0.25, 0.3) is 5.91 Å². The largest absolute Gasteiger partial charge is 0.326 e. The highest BCUT2D eigenvalue weighted by atomic mass is 16.2. The maximum atomic E-state index is 11.1. The number of carbonyl (C=O) groups excluding carboxylic acids is 2. The van der Waals surface area contributed by atoms with Crippen LogP contribution in [0.4, 0.5) is 4.79 Å². The van der Waals surface area contributed by atoms with Crippen molar-refractivity contribution in [2.45, 2.75) is 0 Å². The lowest BCUT2D eigenvalue weighted by atomic mass is 10.4. The molecule has 0 saturated carbocycles. The third-order valence-electron chi connectivity index (χ3n) is 1.74. The molecule has 1 aromatic rings. The van der Waals surface area contributed by atoms with Gasteiger partial charge >= 0.3 is 6.03 Å². The molecule has 5 heteroatoms. The van der Waals surface area contributed by atoms with Gasteiger partial charge in [0.2, 0.25) is 6.20 Å². The zero-order valence-electron chi connectivity index (χ0n) is 7.23. The quantitative estimate of drug-likeness (QED) is 0.360. The van der Waals surface area contributed by atoms with Gasteiger partial charge in [0.05, 0.1) is 0 Å². The lowest BCUT2D eigenvalue weighted by molar-refractivity contribution is -0.568. The van der Waals surface area contributed by atoms with Crippen molar-refractivity contribution in [3.05, 3.63) is 36.3 Å². The van der Waals surface area contributed by atoms with Gasteiger partial charge in [-0.1, -0.05) is 6.07 Å². The Morgan fingerprint density at radius 1 is 1.07 bits per heavy atom. The van der Waals surface area contributed by atoms with Crippen LogP contribution in [0.25, 0.3) is 6.20 Å². The molecule has 5 nitrogen and oxygen atoms in total. The average molecular weight is 190 g/mol. The number of amides is 3. The van der Waals surface area contributed by atoms with Crippen molar-refractivity contribution < 1.29 is 14.2 Å². The standard InChI is InChI=1S/C9H7N3O2/c13-8-7(10-9(14)11-8)6-12-4-2-1-3-5-12/h1-6H,(H-,10,11,13,14)/p+1/b7-6-. The van der Waals surface area contributed by atoms with Gasteiger partial charge in [-0.15, -0.1) is 0 Å². The van der Waals surface area contributed by atoms with Gasteiger partial charge in [0, 0.05) is 12.1 Å². The molecule has 2 N–H and O–H groups in total. The first-order chi connectivity index (χ1) is 6.75. The molecule has 14 heavy (non-hydrogen) atoms. The molecule has 1 aromatic heterocycles. The summed E-state index contributed by atoms with van der Waals surface area (Å²) in [5.41, 5.74) is 0.242. The first-order valence-corrected chi connectivity index (χ1v) is 4.05.